The Morgan fingerprint density at radius 1 is 1.35 bits per heavy atom. The number of nitrogens with one attached hydrogen (secondary N) is 1. The van der Waals surface area contributed by atoms with Crippen LogP contribution in [0.15, 0.2) is 30.0 Å². The maximum Gasteiger partial charge on any atom is 0.115 e. The van der Waals surface area contributed by atoms with Crippen molar-refractivity contribution in [1.82, 2.24) is 5.43 Å². The van der Waals surface area contributed by atoms with Gasteiger partial charge in [0.25, 0.3) is 0 Å². The van der Waals surface area contributed by atoms with Crippen molar-refractivity contribution in [1.29, 1.82) is 0 Å². The number of ether oxygens (including phenoxy) is 1. The molecule has 1 heterocycles. The van der Waals surface area contributed by atoms with Crippen LogP contribution in [0.2, 0.25) is 10.0 Å². The van der Waals surface area contributed by atoms with Gasteiger partial charge < -0.3 is 4.74 Å². The molecule has 0 amide bonds. The monoisotopic (exact) mass is 272 g/mol. The number of allylic oxidation sites excluding steroid dienone is 1. The molecule has 0 fully saturated rings. The first-order valence-corrected chi connectivity index (χ1v) is 6.22. The summed E-state index contributed by atoms with van der Waals surface area (Å²) in [5.74, 6) is 6.40. The Morgan fingerprint density at radius 3 is 2.76 bits per heavy atom. The Hall–Kier alpha value is -0.740. The van der Waals surface area contributed by atoms with Crippen molar-refractivity contribution in [2.75, 3.05) is 6.61 Å². The highest BCUT2D eigenvalue weighted by Gasteiger charge is 2.21. The molecule has 92 valence electrons. The maximum absolute atomic E-state index is 6.16. The molecule has 1 aromatic rings. The minimum absolute atomic E-state index is 0.222. The third kappa shape index (κ3) is 2.93. The average molecular weight is 273 g/mol. The molecule has 1 aromatic carbocycles. The molecule has 2 rings (SSSR count). The van der Waals surface area contributed by atoms with E-state index in [1.807, 2.05) is 12.1 Å². The Kier molecular flexibility index (Phi) is 4.29. The first-order valence-electron chi connectivity index (χ1n) is 5.46. The van der Waals surface area contributed by atoms with Gasteiger partial charge in [0.1, 0.15) is 11.8 Å². The lowest BCUT2D eigenvalue weighted by Gasteiger charge is -2.24. The van der Waals surface area contributed by atoms with E-state index in [0.717, 1.165) is 30.8 Å². The molecule has 0 saturated carbocycles. The summed E-state index contributed by atoms with van der Waals surface area (Å²) >= 11 is 12.0. The zero-order valence-corrected chi connectivity index (χ0v) is 10.8. The van der Waals surface area contributed by atoms with Gasteiger partial charge in [-0.05, 0) is 36.6 Å². The number of rotatable bonds is 3. The summed E-state index contributed by atoms with van der Waals surface area (Å²) in [6.45, 7) is 0.717. The number of halogens is 2. The van der Waals surface area contributed by atoms with Gasteiger partial charge in [0.05, 0.1) is 6.61 Å². The normalized spacial score (nSPS) is 17.2. The predicted octanol–water partition coefficient (Wildman–Crippen LogP) is 3.19. The van der Waals surface area contributed by atoms with Gasteiger partial charge in [0.2, 0.25) is 0 Å². The average Bonchev–Trinajstić information content (AvgIpc) is 2.34. The van der Waals surface area contributed by atoms with Gasteiger partial charge in [-0.1, -0.05) is 29.3 Å². The lowest BCUT2D eigenvalue weighted by atomic mass is 10.0. The summed E-state index contributed by atoms with van der Waals surface area (Å²) in [6, 6.07) is 5.12. The van der Waals surface area contributed by atoms with Crippen LogP contribution in [0.1, 0.15) is 24.4 Å². The molecule has 3 nitrogen and oxygen atoms in total. The molecular weight excluding hydrogens is 259 g/mol. The zero-order valence-electron chi connectivity index (χ0n) is 9.25. The first kappa shape index (κ1) is 12.7. The quantitative estimate of drug-likeness (QED) is 0.656. The summed E-state index contributed by atoms with van der Waals surface area (Å²) in [4.78, 5) is 0. The zero-order chi connectivity index (χ0) is 12.3. The predicted molar refractivity (Wildman–Crippen MR) is 69.8 cm³/mol. The molecule has 1 aliphatic rings. The third-order valence-electron chi connectivity index (χ3n) is 2.69. The van der Waals surface area contributed by atoms with E-state index in [0.29, 0.717) is 10.0 Å². The molecule has 1 atom stereocenters. The van der Waals surface area contributed by atoms with Crippen LogP contribution in [0.3, 0.4) is 0 Å². The highest BCUT2D eigenvalue weighted by atomic mass is 35.5. The third-order valence-corrected chi connectivity index (χ3v) is 3.25. The summed E-state index contributed by atoms with van der Waals surface area (Å²) in [7, 11) is 0. The number of hydrogen-bond donors (Lipinski definition) is 2. The van der Waals surface area contributed by atoms with Crippen molar-refractivity contribution in [3.63, 3.8) is 0 Å². The summed E-state index contributed by atoms with van der Waals surface area (Å²) in [5, 5.41) is 1.18. The van der Waals surface area contributed by atoms with Crippen molar-refractivity contribution in [3.8, 4) is 0 Å². The second-order valence-corrected chi connectivity index (χ2v) is 4.71. The molecular formula is C12H14Cl2N2O. The lowest BCUT2D eigenvalue weighted by Crippen LogP contribution is -2.31. The maximum atomic E-state index is 6.16. The highest BCUT2D eigenvalue weighted by molar-refractivity contribution is 6.35. The van der Waals surface area contributed by atoms with E-state index >= 15 is 0 Å². The Bertz CT molecular complexity index is 435. The molecule has 0 aliphatic carbocycles. The summed E-state index contributed by atoms with van der Waals surface area (Å²) in [5.41, 5.74) is 3.59. The van der Waals surface area contributed by atoms with Crippen LogP contribution in [-0.4, -0.2) is 6.61 Å². The fourth-order valence-electron chi connectivity index (χ4n) is 1.84. The Morgan fingerprint density at radius 2 is 2.18 bits per heavy atom. The van der Waals surface area contributed by atoms with Crippen LogP contribution in [0, 0.1) is 0 Å². The van der Waals surface area contributed by atoms with E-state index in [4.69, 9.17) is 33.8 Å². The molecule has 1 aliphatic heterocycles. The van der Waals surface area contributed by atoms with Crippen molar-refractivity contribution in [2.45, 2.75) is 18.9 Å². The van der Waals surface area contributed by atoms with Gasteiger partial charge in [-0.25, -0.2) is 5.43 Å². The van der Waals surface area contributed by atoms with E-state index < -0.39 is 0 Å². The Labute approximate surface area is 111 Å². The minimum Gasteiger partial charge on any atom is -0.496 e. The van der Waals surface area contributed by atoms with Crippen LogP contribution in [-0.2, 0) is 4.74 Å². The van der Waals surface area contributed by atoms with Gasteiger partial charge in [0, 0.05) is 10.0 Å². The van der Waals surface area contributed by atoms with Crippen molar-refractivity contribution >= 4 is 23.2 Å². The highest BCUT2D eigenvalue weighted by Crippen LogP contribution is 2.31. The molecule has 0 saturated heterocycles. The van der Waals surface area contributed by atoms with Crippen molar-refractivity contribution in [3.05, 3.63) is 45.6 Å². The molecule has 17 heavy (non-hydrogen) atoms. The molecule has 1 unspecified atom stereocenters. The van der Waals surface area contributed by atoms with E-state index in [2.05, 4.69) is 5.43 Å². The fraction of sp³-hybridized carbons (Fsp3) is 0.333. The van der Waals surface area contributed by atoms with Gasteiger partial charge in [-0.2, -0.15) is 0 Å². The van der Waals surface area contributed by atoms with E-state index in [1.165, 1.54) is 0 Å². The van der Waals surface area contributed by atoms with Crippen LogP contribution < -0.4 is 11.3 Å². The van der Waals surface area contributed by atoms with Gasteiger partial charge in [0.15, 0.2) is 0 Å². The van der Waals surface area contributed by atoms with Gasteiger partial charge >= 0.3 is 0 Å². The number of hydrazine groups is 1. The van der Waals surface area contributed by atoms with Crippen molar-refractivity contribution < 1.29 is 4.74 Å². The van der Waals surface area contributed by atoms with Crippen LogP contribution >= 0.6 is 23.2 Å². The summed E-state index contributed by atoms with van der Waals surface area (Å²) < 4.78 is 5.60. The van der Waals surface area contributed by atoms with E-state index in [-0.39, 0.29) is 6.04 Å². The van der Waals surface area contributed by atoms with Crippen LogP contribution in [0.5, 0.6) is 0 Å². The first-order chi connectivity index (χ1) is 8.22. The number of benzene rings is 1. The lowest BCUT2D eigenvalue weighted by molar-refractivity contribution is 0.168. The van der Waals surface area contributed by atoms with E-state index in [1.54, 1.807) is 12.1 Å². The molecule has 0 radical (unpaired) electrons. The summed E-state index contributed by atoms with van der Waals surface area (Å²) in [6.07, 6.45) is 4.08. The topological polar surface area (TPSA) is 47.3 Å². The SMILES string of the molecule is NNC(C1=CCCCO1)c1ccc(Cl)cc1Cl. The minimum atomic E-state index is -0.222. The second kappa shape index (κ2) is 5.74. The fourth-order valence-corrected chi connectivity index (χ4v) is 2.36. The molecule has 0 spiro atoms. The molecule has 5 heteroatoms. The van der Waals surface area contributed by atoms with Gasteiger partial charge in [-0.15, -0.1) is 0 Å². The number of nitrogens with two attached hydrogens (primary N) is 1. The van der Waals surface area contributed by atoms with Crippen LogP contribution in [0.25, 0.3) is 0 Å². The van der Waals surface area contributed by atoms with Gasteiger partial charge in [-0.3, -0.25) is 5.84 Å². The van der Waals surface area contributed by atoms with Crippen molar-refractivity contribution in [2.24, 2.45) is 5.84 Å². The molecule has 0 bridgehead atoms. The standard InChI is InChI=1S/C12H14Cl2N2O/c13-8-4-5-9(10(14)7-8)12(16-15)11-3-1-2-6-17-11/h3-5,7,12,16H,1-2,6,15H2. The van der Waals surface area contributed by atoms with Crippen LogP contribution in [0.4, 0.5) is 0 Å². The smallest absolute Gasteiger partial charge is 0.115 e. The number of hydrogen-bond acceptors (Lipinski definition) is 3. The second-order valence-electron chi connectivity index (χ2n) is 3.86. The molecule has 3 N–H and O–H groups in total. The van der Waals surface area contributed by atoms with E-state index in [9.17, 15) is 0 Å². The largest absolute Gasteiger partial charge is 0.496 e. The Balaban J connectivity index is 2.31. The molecule has 0 aromatic heterocycles.